The highest BCUT2D eigenvalue weighted by Crippen LogP contribution is 2.28. The quantitative estimate of drug-likeness (QED) is 0.878. The second-order valence-corrected chi connectivity index (χ2v) is 5.29. The predicted molar refractivity (Wildman–Crippen MR) is 78.8 cm³/mol. The topological polar surface area (TPSA) is 39.1 Å². The monoisotopic (exact) mass is 271 g/mol. The van der Waals surface area contributed by atoms with Crippen molar-refractivity contribution in [2.45, 2.75) is 31.9 Å². The molecule has 0 amide bonds. The Labute approximate surface area is 119 Å². The lowest BCUT2D eigenvalue weighted by Gasteiger charge is -2.16. The molecule has 0 bridgehead atoms. The number of rotatable bonds is 6. The van der Waals surface area contributed by atoms with E-state index in [1.807, 2.05) is 17.9 Å². The fourth-order valence-electron chi connectivity index (χ4n) is 2.30. The van der Waals surface area contributed by atoms with Crippen molar-refractivity contribution in [3.05, 3.63) is 47.8 Å². The number of aryl methyl sites for hydroxylation is 1. The fraction of sp³-hybridized carbons (Fsp3) is 0.438. The maximum Gasteiger partial charge on any atom is 0.119 e. The summed E-state index contributed by atoms with van der Waals surface area (Å²) in [5, 5.41) is 7.99. The lowest BCUT2D eigenvalue weighted by Crippen LogP contribution is -2.22. The molecule has 1 aliphatic carbocycles. The summed E-state index contributed by atoms with van der Waals surface area (Å²) >= 11 is 0. The molecule has 1 unspecified atom stereocenters. The van der Waals surface area contributed by atoms with E-state index in [4.69, 9.17) is 4.74 Å². The van der Waals surface area contributed by atoms with Gasteiger partial charge < -0.3 is 10.1 Å². The van der Waals surface area contributed by atoms with Crippen LogP contribution in [0.2, 0.25) is 0 Å². The van der Waals surface area contributed by atoms with E-state index in [-0.39, 0.29) is 6.04 Å². The molecule has 0 saturated heterocycles. The SMILES string of the molecule is CCNC(c1ccc(OC2CC2)cc1)c1ccn(C)n1. The molecule has 1 fully saturated rings. The van der Waals surface area contributed by atoms with Gasteiger partial charge in [-0.25, -0.2) is 0 Å². The van der Waals surface area contributed by atoms with Crippen molar-refractivity contribution in [3.63, 3.8) is 0 Å². The maximum atomic E-state index is 5.79. The van der Waals surface area contributed by atoms with Gasteiger partial charge in [0.2, 0.25) is 0 Å². The van der Waals surface area contributed by atoms with Crippen LogP contribution in [0.4, 0.5) is 0 Å². The van der Waals surface area contributed by atoms with E-state index in [0.29, 0.717) is 6.10 Å². The van der Waals surface area contributed by atoms with E-state index in [1.165, 1.54) is 18.4 Å². The summed E-state index contributed by atoms with van der Waals surface area (Å²) in [5.41, 5.74) is 2.26. The third kappa shape index (κ3) is 3.02. The van der Waals surface area contributed by atoms with Crippen LogP contribution in [0.25, 0.3) is 0 Å². The molecule has 4 nitrogen and oxygen atoms in total. The zero-order chi connectivity index (χ0) is 13.9. The molecule has 0 radical (unpaired) electrons. The number of nitrogens with one attached hydrogen (secondary N) is 1. The molecule has 1 saturated carbocycles. The zero-order valence-corrected chi connectivity index (χ0v) is 12.0. The van der Waals surface area contributed by atoms with Gasteiger partial charge in [-0.1, -0.05) is 19.1 Å². The predicted octanol–water partition coefficient (Wildman–Crippen LogP) is 2.66. The van der Waals surface area contributed by atoms with Gasteiger partial charge in [0.15, 0.2) is 0 Å². The van der Waals surface area contributed by atoms with Gasteiger partial charge in [-0.2, -0.15) is 5.10 Å². The molecule has 1 aromatic heterocycles. The minimum atomic E-state index is 0.135. The van der Waals surface area contributed by atoms with E-state index in [0.717, 1.165) is 18.0 Å². The Kier molecular flexibility index (Phi) is 3.74. The first-order chi connectivity index (χ1) is 9.76. The Morgan fingerprint density at radius 1 is 1.30 bits per heavy atom. The average Bonchev–Trinajstić information content (AvgIpc) is 3.17. The minimum absolute atomic E-state index is 0.135. The third-order valence-electron chi connectivity index (χ3n) is 3.48. The standard InChI is InChI=1S/C16H21N3O/c1-3-17-16(15-10-11-19(2)18-15)12-4-6-13(7-5-12)20-14-8-9-14/h4-7,10-11,14,16-17H,3,8-9H2,1-2H3. The van der Waals surface area contributed by atoms with Crippen LogP contribution in [-0.2, 0) is 7.05 Å². The van der Waals surface area contributed by atoms with Crippen LogP contribution in [0.15, 0.2) is 36.5 Å². The Balaban J connectivity index is 1.79. The molecule has 1 N–H and O–H groups in total. The van der Waals surface area contributed by atoms with Crippen LogP contribution in [0.1, 0.15) is 37.1 Å². The van der Waals surface area contributed by atoms with Crippen LogP contribution in [0, 0.1) is 0 Å². The number of ether oxygens (including phenoxy) is 1. The Hall–Kier alpha value is -1.81. The van der Waals surface area contributed by atoms with Crippen LogP contribution in [0.3, 0.4) is 0 Å². The second kappa shape index (κ2) is 5.67. The molecule has 1 heterocycles. The largest absolute Gasteiger partial charge is 0.490 e. The van der Waals surface area contributed by atoms with Crippen LogP contribution >= 0.6 is 0 Å². The summed E-state index contributed by atoms with van der Waals surface area (Å²) < 4.78 is 7.63. The highest BCUT2D eigenvalue weighted by atomic mass is 16.5. The number of hydrogen-bond donors (Lipinski definition) is 1. The van der Waals surface area contributed by atoms with Gasteiger partial charge >= 0.3 is 0 Å². The number of aromatic nitrogens is 2. The van der Waals surface area contributed by atoms with E-state index in [9.17, 15) is 0 Å². The number of hydrogen-bond acceptors (Lipinski definition) is 3. The highest BCUT2D eigenvalue weighted by Gasteiger charge is 2.23. The van der Waals surface area contributed by atoms with Gasteiger partial charge in [0.1, 0.15) is 5.75 Å². The summed E-state index contributed by atoms with van der Waals surface area (Å²) in [6, 6.07) is 10.6. The van der Waals surface area contributed by atoms with Crippen molar-refractivity contribution < 1.29 is 4.74 Å². The molecular formula is C16H21N3O. The molecule has 106 valence electrons. The molecule has 2 aromatic rings. The summed E-state index contributed by atoms with van der Waals surface area (Å²) in [6.07, 6.45) is 4.80. The molecule has 4 heteroatoms. The molecule has 20 heavy (non-hydrogen) atoms. The lowest BCUT2D eigenvalue weighted by atomic mass is 10.0. The molecule has 0 spiro atoms. The van der Waals surface area contributed by atoms with Crippen molar-refractivity contribution >= 4 is 0 Å². The van der Waals surface area contributed by atoms with Gasteiger partial charge in [0.25, 0.3) is 0 Å². The number of nitrogens with zero attached hydrogens (tertiary/aromatic N) is 2. The molecule has 0 aliphatic heterocycles. The van der Waals surface area contributed by atoms with Crippen molar-refractivity contribution in [1.82, 2.24) is 15.1 Å². The maximum absolute atomic E-state index is 5.79. The molecule has 1 aromatic carbocycles. The first-order valence-corrected chi connectivity index (χ1v) is 7.26. The second-order valence-electron chi connectivity index (χ2n) is 5.29. The van der Waals surface area contributed by atoms with Gasteiger partial charge in [-0.05, 0) is 43.1 Å². The Morgan fingerprint density at radius 2 is 2.05 bits per heavy atom. The summed E-state index contributed by atoms with van der Waals surface area (Å²) in [5.74, 6) is 0.965. The van der Waals surface area contributed by atoms with Crippen molar-refractivity contribution in [3.8, 4) is 5.75 Å². The summed E-state index contributed by atoms with van der Waals surface area (Å²) in [7, 11) is 1.94. The van der Waals surface area contributed by atoms with E-state index < -0.39 is 0 Å². The normalized spacial score (nSPS) is 16.1. The molecule has 1 aliphatic rings. The van der Waals surface area contributed by atoms with E-state index in [2.05, 4.69) is 47.7 Å². The van der Waals surface area contributed by atoms with Gasteiger partial charge in [0, 0.05) is 13.2 Å². The van der Waals surface area contributed by atoms with Gasteiger partial charge in [0.05, 0.1) is 17.8 Å². The lowest BCUT2D eigenvalue weighted by molar-refractivity contribution is 0.303. The van der Waals surface area contributed by atoms with Gasteiger partial charge in [-0.3, -0.25) is 4.68 Å². The first kappa shape index (κ1) is 13.2. The van der Waals surface area contributed by atoms with Crippen LogP contribution < -0.4 is 10.1 Å². The smallest absolute Gasteiger partial charge is 0.119 e. The van der Waals surface area contributed by atoms with Crippen molar-refractivity contribution in [1.29, 1.82) is 0 Å². The average molecular weight is 271 g/mol. The molecular weight excluding hydrogens is 250 g/mol. The van der Waals surface area contributed by atoms with Gasteiger partial charge in [-0.15, -0.1) is 0 Å². The van der Waals surface area contributed by atoms with Crippen LogP contribution in [0.5, 0.6) is 5.75 Å². The first-order valence-electron chi connectivity index (χ1n) is 7.26. The number of benzene rings is 1. The summed E-state index contributed by atoms with van der Waals surface area (Å²) in [6.45, 7) is 3.02. The molecule has 3 rings (SSSR count). The zero-order valence-electron chi connectivity index (χ0n) is 12.0. The minimum Gasteiger partial charge on any atom is -0.490 e. The van der Waals surface area contributed by atoms with E-state index in [1.54, 1.807) is 0 Å². The Bertz CT molecular complexity index is 557. The molecule has 1 atom stereocenters. The fourth-order valence-corrected chi connectivity index (χ4v) is 2.30. The Morgan fingerprint density at radius 3 is 2.60 bits per heavy atom. The summed E-state index contributed by atoms with van der Waals surface area (Å²) in [4.78, 5) is 0. The van der Waals surface area contributed by atoms with Crippen molar-refractivity contribution in [2.75, 3.05) is 6.54 Å². The van der Waals surface area contributed by atoms with E-state index >= 15 is 0 Å². The highest BCUT2D eigenvalue weighted by molar-refractivity contribution is 5.33. The van der Waals surface area contributed by atoms with Crippen LogP contribution in [-0.4, -0.2) is 22.4 Å². The third-order valence-corrected chi connectivity index (χ3v) is 3.48. The van der Waals surface area contributed by atoms with Crippen molar-refractivity contribution in [2.24, 2.45) is 7.05 Å².